The number of rotatable bonds is 10. The van der Waals surface area contributed by atoms with Crippen molar-refractivity contribution in [2.24, 2.45) is 9.98 Å². The number of fused-ring (bicyclic) bond motifs is 2. The monoisotopic (exact) mass is 604 g/mol. The zero-order chi connectivity index (χ0) is 31.4. The number of aromatic hydroxyl groups is 1. The third kappa shape index (κ3) is 4.61. The molecule has 4 aromatic carbocycles. The van der Waals surface area contributed by atoms with E-state index in [-0.39, 0.29) is 29.2 Å². The summed E-state index contributed by atoms with van der Waals surface area (Å²) in [5, 5.41) is 30.1. The predicted molar refractivity (Wildman–Crippen MR) is 170 cm³/mol. The van der Waals surface area contributed by atoms with Gasteiger partial charge < -0.3 is 10.4 Å². The summed E-state index contributed by atoms with van der Waals surface area (Å²) in [6.45, 7) is 3.51. The zero-order valence-corrected chi connectivity index (χ0v) is 24.4. The summed E-state index contributed by atoms with van der Waals surface area (Å²) < 4.78 is 1.39. The van der Waals surface area contributed by atoms with Crippen molar-refractivity contribution in [1.82, 2.24) is 14.8 Å². The lowest BCUT2D eigenvalue weighted by Crippen LogP contribution is -2.41. The van der Waals surface area contributed by atoms with Gasteiger partial charge in [-0.15, -0.1) is 0 Å². The van der Waals surface area contributed by atoms with Crippen molar-refractivity contribution < 1.29 is 19.6 Å². The first-order chi connectivity index (χ1) is 21.7. The maximum absolute atomic E-state index is 13.3. The molecular weight excluding hydrogens is 576 g/mol. The van der Waals surface area contributed by atoms with E-state index in [0.717, 1.165) is 10.3 Å². The van der Waals surface area contributed by atoms with Crippen LogP contribution >= 0.6 is 0 Å². The predicted octanol–water partition coefficient (Wildman–Crippen LogP) is 4.38. The van der Waals surface area contributed by atoms with Gasteiger partial charge in [-0.3, -0.25) is 34.0 Å². The Bertz CT molecular complexity index is 2260. The first-order valence-corrected chi connectivity index (χ1v) is 14.8. The Hall–Kier alpha value is -5.49. The first-order valence-electron chi connectivity index (χ1n) is 14.8. The lowest BCUT2D eigenvalue weighted by atomic mass is 9.93. The SMILES string of the molecule is CC1=Nc2cc3c(O)n(CCCNCCCCN4C(=O)c5cccc6cc([N+](=O)[O-])cc(c56)C4=O)c(=O)c4cccc(c2=N1)c34. The molecule has 2 N–H and O–H groups in total. The smallest absolute Gasteiger partial charge is 0.270 e. The van der Waals surface area contributed by atoms with Crippen LogP contribution in [-0.4, -0.2) is 56.8 Å². The number of hydrogen-bond acceptors (Lipinski definition) is 9. The highest BCUT2D eigenvalue weighted by Gasteiger charge is 2.34. The highest BCUT2D eigenvalue weighted by atomic mass is 16.6. The molecule has 226 valence electrons. The van der Waals surface area contributed by atoms with Gasteiger partial charge >= 0.3 is 0 Å². The number of benzene rings is 4. The van der Waals surface area contributed by atoms with E-state index >= 15 is 0 Å². The van der Waals surface area contributed by atoms with Crippen molar-refractivity contribution in [2.75, 3.05) is 19.6 Å². The van der Waals surface area contributed by atoms with Gasteiger partial charge in [0, 0.05) is 57.7 Å². The quantitative estimate of drug-likeness (QED) is 0.104. The molecule has 7 rings (SSSR count). The fraction of sp³-hybridized carbons (Fsp3) is 0.242. The Kier molecular flexibility index (Phi) is 6.85. The fourth-order valence-corrected chi connectivity index (χ4v) is 6.43. The number of unbranched alkanes of at least 4 members (excludes halogenated alkanes) is 1. The molecule has 0 atom stereocenters. The van der Waals surface area contributed by atoms with Crippen LogP contribution in [0.2, 0.25) is 0 Å². The Morgan fingerprint density at radius 3 is 2.42 bits per heavy atom. The first kappa shape index (κ1) is 28.3. The van der Waals surface area contributed by atoms with Gasteiger partial charge in [-0.1, -0.05) is 24.3 Å². The van der Waals surface area contributed by atoms with Gasteiger partial charge in [-0.2, -0.15) is 0 Å². The standard InChI is InChI=1S/C33H28N6O6/c1-18-35-26-17-25-28-21(29(26)36-18)8-5-10-23(28)31(41)38(33(25)43)14-6-12-34-11-2-3-13-37-30(40)22-9-4-7-19-15-20(39(44)45)16-24(27(19)22)32(37)42/h4-5,7-10,15-17,34,43H,2-3,6,11-14H2,1H3. The lowest BCUT2D eigenvalue weighted by Gasteiger charge is -2.27. The average Bonchev–Trinajstić information content (AvgIpc) is 3.42. The van der Waals surface area contributed by atoms with E-state index in [2.05, 4.69) is 15.3 Å². The van der Waals surface area contributed by atoms with Crippen LogP contribution in [0.25, 0.3) is 32.3 Å². The zero-order valence-electron chi connectivity index (χ0n) is 24.4. The van der Waals surface area contributed by atoms with Crippen molar-refractivity contribution in [2.45, 2.75) is 32.7 Å². The Morgan fingerprint density at radius 2 is 1.60 bits per heavy atom. The maximum atomic E-state index is 13.3. The molecule has 0 fully saturated rings. The number of imide groups is 1. The number of hydrogen-bond donors (Lipinski definition) is 2. The summed E-state index contributed by atoms with van der Waals surface area (Å²) >= 11 is 0. The van der Waals surface area contributed by atoms with Crippen molar-refractivity contribution >= 4 is 61.3 Å². The minimum Gasteiger partial charge on any atom is -0.494 e. The van der Waals surface area contributed by atoms with Crippen molar-refractivity contribution in [1.29, 1.82) is 0 Å². The van der Waals surface area contributed by atoms with E-state index in [4.69, 9.17) is 0 Å². The van der Waals surface area contributed by atoms with Crippen LogP contribution in [0.1, 0.15) is 46.9 Å². The third-order valence-electron chi connectivity index (χ3n) is 8.48. The van der Waals surface area contributed by atoms with Crippen LogP contribution < -0.4 is 16.2 Å². The third-order valence-corrected chi connectivity index (χ3v) is 8.48. The van der Waals surface area contributed by atoms with Gasteiger partial charge in [0.2, 0.25) is 5.88 Å². The Balaban J connectivity index is 0.964. The summed E-state index contributed by atoms with van der Waals surface area (Å²) in [7, 11) is 0. The normalized spacial score (nSPS) is 14.0. The second-order valence-corrected chi connectivity index (χ2v) is 11.3. The summed E-state index contributed by atoms with van der Waals surface area (Å²) in [6, 6.07) is 14.8. The summed E-state index contributed by atoms with van der Waals surface area (Å²) in [4.78, 5) is 60.7. The summed E-state index contributed by atoms with van der Waals surface area (Å²) in [5.74, 6) is -0.392. The van der Waals surface area contributed by atoms with Crippen molar-refractivity contribution in [3.8, 4) is 5.88 Å². The minimum atomic E-state index is -0.542. The number of amidine groups is 1. The van der Waals surface area contributed by atoms with E-state index in [1.165, 1.54) is 16.7 Å². The molecule has 45 heavy (non-hydrogen) atoms. The molecule has 2 amide bonds. The number of nitro benzene ring substituents is 1. The largest absolute Gasteiger partial charge is 0.494 e. The van der Waals surface area contributed by atoms with Gasteiger partial charge in [0.25, 0.3) is 23.1 Å². The molecule has 0 unspecified atom stereocenters. The number of nitrogens with zero attached hydrogens (tertiary/aromatic N) is 5. The van der Waals surface area contributed by atoms with Gasteiger partial charge in [-0.25, -0.2) is 9.98 Å². The van der Waals surface area contributed by atoms with E-state index in [1.54, 1.807) is 30.3 Å². The average molecular weight is 605 g/mol. The van der Waals surface area contributed by atoms with Gasteiger partial charge in [0.1, 0.15) is 5.84 Å². The minimum absolute atomic E-state index is 0.0929. The second kappa shape index (κ2) is 10.9. The lowest BCUT2D eigenvalue weighted by molar-refractivity contribution is -0.384. The summed E-state index contributed by atoms with van der Waals surface area (Å²) in [6.07, 6.45) is 1.80. The summed E-state index contributed by atoms with van der Waals surface area (Å²) in [5.41, 5.74) is 0.748. The number of non-ortho nitro benzene ring substituents is 1. The van der Waals surface area contributed by atoms with Crippen LogP contribution in [0.15, 0.2) is 69.4 Å². The number of nitro groups is 1. The van der Waals surface area contributed by atoms with Crippen LogP contribution in [0, 0.1) is 10.1 Å². The van der Waals surface area contributed by atoms with Gasteiger partial charge in [0.05, 0.1) is 21.5 Å². The molecule has 0 aliphatic carbocycles. The molecule has 0 saturated heterocycles. The van der Waals surface area contributed by atoms with Crippen molar-refractivity contribution in [3.05, 3.63) is 91.5 Å². The number of carbonyl (C=O) groups excluding carboxylic acids is 2. The number of nitrogens with one attached hydrogen (secondary N) is 1. The molecule has 0 bridgehead atoms. The van der Waals surface area contributed by atoms with E-state index < -0.39 is 16.7 Å². The second-order valence-electron chi connectivity index (χ2n) is 11.3. The number of aromatic nitrogens is 1. The molecule has 2 aliphatic heterocycles. The molecule has 0 saturated carbocycles. The van der Waals surface area contributed by atoms with Crippen molar-refractivity contribution in [3.63, 3.8) is 0 Å². The molecule has 5 aromatic rings. The van der Waals surface area contributed by atoms with Crippen LogP contribution in [0.3, 0.4) is 0 Å². The molecule has 12 heteroatoms. The highest BCUT2D eigenvalue weighted by molar-refractivity contribution is 6.25. The molecular formula is C33H28N6O6. The number of amides is 2. The Labute approximate surface area is 255 Å². The van der Waals surface area contributed by atoms with Crippen LogP contribution in [0.5, 0.6) is 5.88 Å². The fourth-order valence-electron chi connectivity index (χ4n) is 6.43. The Morgan fingerprint density at radius 1 is 0.844 bits per heavy atom. The molecule has 2 aliphatic rings. The van der Waals surface area contributed by atoms with E-state index in [0.29, 0.717) is 88.3 Å². The molecule has 0 radical (unpaired) electrons. The number of pyridine rings is 1. The topological polar surface area (TPSA) is 160 Å². The number of carbonyl (C=O) groups is 2. The molecule has 3 heterocycles. The highest BCUT2D eigenvalue weighted by Crippen LogP contribution is 2.34. The number of aliphatic imine (C=N–C) groups is 1. The molecule has 12 nitrogen and oxygen atoms in total. The van der Waals surface area contributed by atoms with E-state index in [9.17, 15) is 29.6 Å². The molecule has 1 aromatic heterocycles. The van der Waals surface area contributed by atoms with Gasteiger partial charge in [-0.05, 0) is 62.9 Å². The molecule has 0 spiro atoms. The van der Waals surface area contributed by atoms with Crippen LogP contribution in [0.4, 0.5) is 11.4 Å². The van der Waals surface area contributed by atoms with Gasteiger partial charge in [0.15, 0.2) is 0 Å². The van der Waals surface area contributed by atoms with Crippen LogP contribution in [-0.2, 0) is 6.54 Å². The van der Waals surface area contributed by atoms with E-state index in [1.807, 2.05) is 19.1 Å². The maximum Gasteiger partial charge on any atom is 0.270 e.